The van der Waals surface area contributed by atoms with Gasteiger partial charge in [-0.05, 0) is 290 Å². The molecule has 0 fully saturated rings. The summed E-state index contributed by atoms with van der Waals surface area (Å²) in [6.45, 7) is 1.74. The molecule has 7 aromatic carbocycles. The molecule has 2 aromatic heterocycles. The number of hydrogen-bond donors (Lipinski definition) is 2. The minimum Gasteiger partial charge on any atom is -0.313 e. The van der Waals surface area contributed by atoms with E-state index in [2.05, 4.69) is 66.3 Å². The summed E-state index contributed by atoms with van der Waals surface area (Å²) in [6, 6.07) is 35.6. The molecule has 3 aliphatic carbocycles. The molecule has 4 heterocycles. The van der Waals surface area contributed by atoms with Crippen molar-refractivity contribution in [3.8, 4) is 33.4 Å². The van der Waals surface area contributed by atoms with E-state index >= 15 is 0 Å². The van der Waals surface area contributed by atoms with Crippen LogP contribution in [-0.4, -0.2) is 42.3 Å². The van der Waals surface area contributed by atoms with Gasteiger partial charge in [0.1, 0.15) is 0 Å². The monoisotopic (exact) mass is 1620 g/mol. The van der Waals surface area contributed by atoms with E-state index in [1.165, 1.54) is 75.8 Å². The van der Waals surface area contributed by atoms with Crippen molar-refractivity contribution >= 4 is 105 Å². The van der Waals surface area contributed by atoms with Crippen LogP contribution in [0.15, 0.2) is 180 Å². The van der Waals surface area contributed by atoms with E-state index in [1.54, 1.807) is 36.0 Å². The highest BCUT2D eigenvalue weighted by Gasteiger charge is 2.36. The predicted octanol–water partition coefficient (Wildman–Crippen LogP) is 23.5. The first-order chi connectivity index (χ1) is 47.2. The number of halogens is 15. The van der Waals surface area contributed by atoms with Crippen molar-refractivity contribution in [1.82, 2.24) is 19.6 Å². The topological polar surface area (TPSA) is 87.2 Å². The summed E-state index contributed by atoms with van der Waals surface area (Å²) in [4.78, 5) is 8.13. The van der Waals surface area contributed by atoms with Gasteiger partial charge in [0.15, 0.2) is 5.13 Å². The van der Waals surface area contributed by atoms with Gasteiger partial charge in [-0.15, -0.1) is 23.7 Å². The van der Waals surface area contributed by atoms with Gasteiger partial charge in [-0.2, -0.15) is 65.4 Å². The van der Waals surface area contributed by atoms with Gasteiger partial charge in [0.25, 0.3) is 0 Å². The molecule has 14 rings (SSSR count). The Morgan fingerprint density at radius 3 is 1.53 bits per heavy atom. The van der Waals surface area contributed by atoms with Crippen molar-refractivity contribution in [3.63, 3.8) is 0 Å². The number of thiazole rings is 1. The molecule has 0 unspecified atom stereocenters. The fourth-order valence-corrected chi connectivity index (χ4v) is 15.9. The molecule has 9 aromatic rings. The third-order valence-corrected chi connectivity index (χ3v) is 22.7. The molecule has 100 heavy (non-hydrogen) atoms. The Morgan fingerprint density at radius 1 is 0.510 bits per heavy atom. The number of pyridine rings is 1. The zero-order chi connectivity index (χ0) is 70.3. The lowest BCUT2D eigenvalue weighted by atomic mass is 9.82. The molecule has 2 aliphatic heterocycles. The van der Waals surface area contributed by atoms with Gasteiger partial charge in [0.05, 0.1) is 22.3 Å². The molecule has 0 spiro atoms. The van der Waals surface area contributed by atoms with E-state index in [9.17, 15) is 61.1 Å². The summed E-state index contributed by atoms with van der Waals surface area (Å²) < 4.78 is 188. The van der Waals surface area contributed by atoms with Crippen molar-refractivity contribution < 1.29 is 61.1 Å². The molecule has 0 amide bonds. The number of fused-ring (bicyclic) bond motifs is 3. The number of rotatable bonds is 9. The van der Waals surface area contributed by atoms with E-state index in [1.807, 2.05) is 71.1 Å². The second-order valence-electron chi connectivity index (χ2n) is 24.6. The molecule has 0 saturated carbocycles. The summed E-state index contributed by atoms with van der Waals surface area (Å²) in [7, 11) is -3.78. The smallest absolute Gasteiger partial charge is 0.313 e. The molecule has 0 atom stereocenters. The first-order valence-electron chi connectivity index (χ1n) is 32.4. The number of aryl methyl sites for hydroxylation is 1. The zero-order valence-corrected chi connectivity index (χ0v) is 59.8. The number of nitrogens with one attached hydrogen (secondary N) is 2. The maximum atomic E-state index is 13.5. The third kappa shape index (κ3) is 18.5. The lowest BCUT2D eigenvalue weighted by Crippen LogP contribution is -2.39. The minimum atomic E-state index is -4.43. The maximum absolute atomic E-state index is 13.5. The van der Waals surface area contributed by atoms with E-state index in [4.69, 9.17) is 0 Å². The molecule has 24 heteroatoms. The molecular formula is C76H68BrClF12IN5O2S2. The number of nitrogens with zero attached hydrogens (tertiary/aromatic N) is 3. The maximum Gasteiger partial charge on any atom is 0.416 e. The highest BCUT2D eigenvalue weighted by Crippen LogP contribution is 2.45. The van der Waals surface area contributed by atoms with Crippen molar-refractivity contribution in [2.45, 2.75) is 121 Å². The quantitative estimate of drug-likeness (QED) is 0.111. The molecule has 7 nitrogen and oxygen atoms in total. The Bertz CT molecular complexity index is 4610. The van der Waals surface area contributed by atoms with Crippen LogP contribution in [0, 0.1) is 3.57 Å². The molecule has 0 radical (unpaired) electrons. The largest absolute Gasteiger partial charge is 0.416 e. The average Bonchev–Trinajstić information content (AvgIpc) is 0.917. The molecular weight excluding hydrogens is 1550 g/mol. The predicted molar refractivity (Wildman–Crippen MR) is 389 cm³/mol. The zero-order valence-electron chi connectivity index (χ0n) is 53.6. The van der Waals surface area contributed by atoms with Gasteiger partial charge in [-0.1, -0.05) is 91.0 Å². The number of aromatic nitrogens is 2. The van der Waals surface area contributed by atoms with Gasteiger partial charge in [-0.25, -0.2) is 9.71 Å². The second kappa shape index (κ2) is 32.6. The summed E-state index contributed by atoms with van der Waals surface area (Å²) >= 11 is 6.16. The van der Waals surface area contributed by atoms with Crippen molar-refractivity contribution in [2.24, 2.45) is 0 Å². The standard InChI is InChI=1S/C24H23F3N4O2S2.C23H23F3.C22H18F3N.C7H3BrF3I.ClH/c25-24(26,27)18-4-5-21(22(14-18)16-6-9-28-10-7-16)20-3-1-2-17-15-31(12-8-19(17)20)35(32,33)30-23-29-11-13-34-23;24-23(25,26)18-13-14-21(22(15-18)17-7-2-1-3-8-17)20-12-6-10-16-9-4-5-11-19(16)20;23-22(24,25)17-9-10-20(21(13-17)15-5-2-1-3-6-15)19-8-4-7-16-14-26-12-11-18(16)19;8-5-2-1-4(3-6(5)12)7(9,10)11;/h1-6,11,13-14,28H,7-10,12,15H2,(H,29,30);6-7,10,12-15H,1-5,8-9,11H2;4-5,7-14H,1-3,6H2;1-3H;1H. The minimum absolute atomic E-state index is 0. The van der Waals surface area contributed by atoms with Crippen molar-refractivity contribution in [1.29, 1.82) is 0 Å². The van der Waals surface area contributed by atoms with E-state index in [0.717, 1.165) is 166 Å². The van der Waals surface area contributed by atoms with Gasteiger partial charge in [-0.3, -0.25) is 4.98 Å². The normalized spacial score (nSPS) is 15.9. The lowest BCUT2D eigenvalue weighted by Gasteiger charge is -2.30. The number of alkyl halides is 12. The van der Waals surface area contributed by atoms with Crippen LogP contribution in [0.25, 0.3) is 60.9 Å². The lowest BCUT2D eigenvalue weighted by molar-refractivity contribution is -0.138. The van der Waals surface area contributed by atoms with Crippen LogP contribution in [0.5, 0.6) is 0 Å². The highest BCUT2D eigenvalue weighted by molar-refractivity contribution is 14.1. The molecule has 0 saturated heterocycles. The average molecular weight is 1620 g/mol. The number of anilines is 1. The first-order valence-corrected chi connectivity index (χ1v) is 36.6. The van der Waals surface area contributed by atoms with Crippen LogP contribution < -0.4 is 10.0 Å². The second-order valence-corrected chi connectivity index (χ2v) is 29.1. The molecule has 5 aliphatic rings. The molecule has 0 bridgehead atoms. The Morgan fingerprint density at radius 2 is 1.01 bits per heavy atom. The Labute approximate surface area is 605 Å². The van der Waals surface area contributed by atoms with Crippen LogP contribution in [0.4, 0.5) is 57.8 Å². The summed E-state index contributed by atoms with van der Waals surface area (Å²) in [5, 5.41) is 7.17. The van der Waals surface area contributed by atoms with Gasteiger partial charge < -0.3 is 5.32 Å². The van der Waals surface area contributed by atoms with Gasteiger partial charge >= 0.3 is 34.9 Å². The SMILES string of the molecule is Cl.FC(F)(F)c1ccc(-c2cccc3c2CCCC3)c(C2=CCCCC2)c1.FC(F)(F)c1ccc(-c2cccc3cnccc23)c(C2=CCCCC2)c1.FC(F)(F)c1ccc(Br)c(I)c1.O=S(=O)(Nc1nccs1)N1CCc2c(cccc2-c2ccc(C(F)(F)F)cc2C2=CCNCC2)C1. The number of allylic oxidation sites excluding steroid dienone is 4. The summed E-state index contributed by atoms with van der Waals surface area (Å²) in [5.41, 5.74) is 12.5. The van der Waals surface area contributed by atoms with E-state index in [-0.39, 0.29) is 25.5 Å². The van der Waals surface area contributed by atoms with E-state index < -0.39 is 57.2 Å². The van der Waals surface area contributed by atoms with Gasteiger partial charge in [0.2, 0.25) is 0 Å². The van der Waals surface area contributed by atoms with Crippen LogP contribution in [0.3, 0.4) is 0 Å². The van der Waals surface area contributed by atoms with Crippen molar-refractivity contribution in [2.75, 3.05) is 24.4 Å². The van der Waals surface area contributed by atoms with Crippen molar-refractivity contribution in [3.05, 3.63) is 245 Å². The first kappa shape index (κ1) is 75.8. The van der Waals surface area contributed by atoms with Crippen LogP contribution in [0.2, 0.25) is 0 Å². The fraction of sp³-hybridized carbons (Fsp3) is 0.289. The van der Waals surface area contributed by atoms with Crippen LogP contribution >= 0.6 is 62.3 Å². The van der Waals surface area contributed by atoms with Gasteiger partial charge in [0, 0.05) is 57.0 Å². The Hall–Kier alpha value is -6.87. The van der Waals surface area contributed by atoms with Crippen LogP contribution in [0.1, 0.15) is 132 Å². The molecule has 2 N–H and O–H groups in total. The fourth-order valence-electron chi connectivity index (χ4n) is 13.2. The van der Waals surface area contributed by atoms with E-state index in [0.29, 0.717) is 50.2 Å². The Balaban J connectivity index is 0.000000151. The number of hydrogen-bond acceptors (Lipinski definition) is 6. The summed E-state index contributed by atoms with van der Waals surface area (Å²) in [5.74, 6) is 0. The highest BCUT2D eigenvalue weighted by atomic mass is 127. The Kier molecular flexibility index (Phi) is 24.7. The van der Waals surface area contributed by atoms with Crippen LogP contribution in [-0.2, 0) is 60.7 Å². The molecule has 526 valence electrons. The number of benzene rings is 7. The summed E-state index contributed by atoms with van der Waals surface area (Å²) in [6.07, 6.45) is 7.24. The third-order valence-electron chi connectivity index (χ3n) is 18.1.